The summed E-state index contributed by atoms with van der Waals surface area (Å²) < 4.78 is 5.64. The molecule has 1 aliphatic heterocycles. The fraction of sp³-hybridized carbons (Fsp3) is 0.429. The van der Waals surface area contributed by atoms with Crippen molar-refractivity contribution in [3.05, 3.63) is 23.8 Å². The van der Waals surface area contributed by atoms with Crippen LogP contribution in [0.2, 0.25) is 0 Å². The van der Waals surface area contributed by atoms with E-state index in [4.69, 9.17) is 10.6 Å². The average molecular weight is 277 g/mol. The van der Waals surface area contributed by atoms with E-state index >= 15 is 0 Å². The van der Waals surface area contributed by atoms with E-state index in [-0.39, 0.29) is 11.8 Å². The molecule has 0 aliphatic carbocycles. The molecule has 0 fully saturated rings. The number of aryl methyl sites for hydroxylation is 1. The highest BCUT2D eigenvalue weighted by Gasteiger charge is 2.14. The number of carbonyl (C=O) groups excluding carboxylic acids is 2. The lowest BCUT2D eigenvalue weighted by molar-refractivity contribution is -0.121. The zero-order valence-corrected chi connectivity index (χ0v) is 11.3. The number of nitrogens with one attached hydrogen (secondary N) is 2. The minimum atomic E-state index is -0.158. The van der Waals surface area contributed by atoms with E-state index < -0.39 is 0 Å². The first-order chi connectivity index (χ1) is 9.69. The van der Waals surface area contributed by atoms with Gasteiger partial charge in [0.15, 0.2) is 0 Å². The van der Waals surface area contributed by atoms with Crippen LogP contribution in [0.5, 0.6) is 5.75 Å². The fourth-order valence-electron chi connectivity index (χ4n) is 2.10. The molecule has 2 amide bonds. The summed E-state index contributed by atoms with van der Waals surface area (Å²) in [5.41, 5.74) is 4.07. The molecule has 1 heterocycles. The molecule has 0 saturated carbocycles. The smallest absolute Gasteiger partial charge is 0.233 e. The van der Waals surface area contributed by atoms with E-state index in [1.54, 1.807) is 0 Å². The lowest BCUT2D eigenvalue weighted by atomic mass is 10.0. The van der Waals surface area contributed by atoms with Gasteiger partial charge in [-0.15, -0.1) is 0 Å². The fourth-order valence-corrected chi connectivity index (χ4v) is 2.10. The van der Waals surface area contributed by atoms with Crippen LogP contribution < -0.4 is 21.3 Å². The summed E-state index contributed by atoms with van der Waals surface area (Å²) in [5.74, 6) is 5.69. The molecule has 0 atom stereocenters. The number of ether oxygens (including phenoxy) is 1. The number of carbonyl (C=O) groups is 2. The van der Waals surface area contributed by atoms with Crippen LogP contribution in [0.1, 0.15) is 31.2 Å². The first-order valence-corrected chi connectivity index (χ1v) is 6.74. The molecule has 20 heavy (non-hydrogen) atoms. The molecule has 0 bridgehead atoms. The standard InChI is InChI=1S/C14H19N3O3/c15-17-14(19)3-1-2-8-20-11-5-6-12-10(9-11)4-7-13(18)16-12/h5-6,9H,1-4,7-8,15H2,(H,16,18)(H,17,19). The quantitative estimate of drug-likeness (QED) is 0.314. The highest BCUT2D eigenvalue weighted by molar-refractivity contribution is 5.93. The zero-order chi connectivity index (χ0) is 14.4. The van der Waals surface area contributed by atoms with Crippen LogP contribution in [0.4, 0.5) is 5.69 Å². The third-order valence-corrected chi connectivity index (χ3v) is 3.20. The van der Waals surface area contributed by atoms with Gasteiger partial charge in [0, 0.05) is 18.5 Å². The van der Waals surface area contributed by atoms with Gasteiger partial charge in [-0.2, -0.15) is 0 Å². The Balaban J connectivity index is 1.77. The topological polar surface area (TPSA) is 93.4 Å². The van der Waals surface area contributed by atoms with Crippen LogP contribution in [0.25, 0.3) is 0 Å². The van der Waals surface area contributed by atoms with Crippen molar-refractivity contribution in [2.24, 2.45) is 5.84 Å². The third kappa shape index (κ3) is 3.96. The molecule has 4 N–H and O–H groups in total. The molecule has 0 radical (unpaired) electrons. The normalized spacial score (nSPS) is 13.3. The zero-order valence-electron chi connectivity index (χ0n) is 11.3. The second kappa shape index (κ2) is 6.91. The molecule has 0 aromatic heterocycles. The number of nitrogens with two attached hydrogens (primary N) is 1. The number of benzene rings is 1. The number of unbranched alkanes of at least 4 members (excludes halogenated alkanes) is 1. The van der Waals surface area contributed by atoms with Crippen molar-refractivity contribution in [3.8, 4) is 5.75 Å². The molecule has 1 aromatic carbocycles. The van der Waals surface area contributed by atoms with Gasteiger partial charge in [0.2, 0.25) is 11.8 Å². The number of hydrazine groups is 1. The van der Waals surface area contributed by atoms with Crippen LogP contribution in [-0.2, 0) is 16.0 Å². The van der Waals surface area contributed by atoms with E-state index in [1.165, 1.54) is 0 Å². The number of anilines is 1. The maximum Gasteiger partial charge on any atom is 0.233 e. The number of fused-ring (bicyclic) bond motifs is 1. The summed E-state index contributed by atoms with van der Waals surface area (Å²) in [4.78, 5) is 22.2. The molecule has 6 heteroatoms. The minimum Gasteiger partial charge on any atom is -0.494 e. The van der Waals surface area contributed by atoms with Gasteiger partial charge in [-0.25, -0.2) is 5.84 Å². The average Bonchev–Trinajstić information content (AvgIpc) is 2.46. The van der Waals surface area contributed by atoms with E-state index in [0.717, 1.165) is 36.3 Å². The van der Waals surface area contributed by atoms with Gasteiger partial charge < -0.3 is 10.1 Å². The molecule has 108 valence electrons. The number of hydrogen-bond acceptors (Lipinski definition) is 4. The Kier molecular flexibility index (Phi) is 4.95. The molecule has 0 spiro atoms. The summed E-state index contributed by atoms with van der Waals surface area (Å²) in [6.45, 7) is 0.559. The second-order valence-electron chi connectivity index (χ2n) is 4.74. The highest BCUT2D eigenvalue weighted by Crippen LogP contribution is 2.26. The predicted molar refractivity (Wildman–Crippen MR) is 75.1 cm³/mol. The van der Waals surface area contributed by atoms with E-state index in [9.17, 15) is 9.59 Å². The molecule has 1 aliphatic rings. The Morgan fingerprint density at radius 3 is 3.00 bits per heavy atom. The molecule has 1 aromatic rings. The first kappa shape index (κ1) is 14.3. The van der Waals surface area contributed by atoms with Gasteiger partial charge in [0.25, 0.3) is 0 Å². The van der Waals surface area contributed by atoms with Gasteiger partial charge in [0.05, 0.1) is 6.61 Å². The summed E-state index contributed by atoms with van der Waals surface area (Å²) >= 11 is 0. The van der Waals surface area contributed by atoms with Crippen molar-refractivity contribution < 1.29 is 14.3 Å². The van der Waals surface area contributed by atoms with Crippen molar-refractivity contribution in [1.82, 2.24) is 5.43 Å². The number of hydrogen-bond donors (Lipinski definition) is 3. The first-order valence-electron chi connectivity index (χ1n) is 6.74. The monoisotopic (exact) mass is 277 g/mol. The molecule has 2 rings (SSSR count). The van der Waals surface area contributed by atoms with Crippen LogP contribution in [-0.4, -0.2) is 18.4 Å². The molecule has 0 unspecified atom stereocenters. The lowest BCUT2D eigenvalue weighted by Gasteiger charge is -2.17. The van der Waals surface area contributed by atoms with Crippen LogP contribution >= 0.6 is 0 Å². The third-order valence-electron chi connectivity index (χ3n) is 3.20. The van der Waals surface area contributed by atoms with Gasteiger partial charge >= 0.3 is 0 Å². The molecule has 6 nitrogen and oxygen atoms in total. The van der Waals surface area contributed by atoms with E-state index in [1.807, 2.05) is 18.2 Å². The summed E-state index contributed by atoms with van der Waals surface area (Å²) in [7, 11) is 0. The summed E-state index contributed by atoms with van der Waals surface area (Å²) in [5, 5.41) is 2.83. The van der Waals surface area contributed by atoms with Crippen LogP contribution in [0, 0.1) is 0 Å². The van der Waals surface area contributed by atoms with Crippen molar-refractivity contribution in [1.29, 1.82) is 0 Å². The Labute approximate surface area is 117 Å². The van der Waals surface area contributed by atoms with E-state index in [2.05, 4.69) is 10.7 Å². The van der Waals surface area contributed by atoms with Gasteiger partial charge in [-0.3, -0.25) is 15.0 Å². The predicted octanol–water partition coefficient (Wildman–Crippen LogP) is 1.11. The maximum absolute atomic E-state index is 11.3. The Morgan fingerprint density at radius 1 is 1.35 bits per heavy atom. The minimum absolute atomic E-state index is 0.0596. The molecular weight excluding hydrogens is 258 g/mol. The van der Waals surface area contributed by atoms with Gasteiger partial charge in [-0.1, -0.05) is 0 Å². The van der Waals surface area contributed by atoms with Crippen molar-refractivity contribution in [3.63, 3.8) is 0 Å². The Bertz CT molecular complexity index is 502. The Hall–Kier alpha value is -2.08. The van der Waals surface area contributed by atoms with Crippen LogP contribution in [0.3, 0.4) is 0 Å². The van der Waals surface area contributed by atoms with Gasteiger partial charge in [-0.05, 0) is 43.0 Å². The van der Waals surface area contributed by atoms with Crippen molar-refractivity contribution in [2.45, 2.75) is 32.1 Å². The van der Waals surface area contributed by atoms with Gasteiger partial charge in [0.1, 0.15) is 5.75 Å². The van der Waals surface area contributed by atoms with E-state index in [0.29, 0.717) is 19.4 Å². The molecular formula is C14H19N3O3. The lowest BCUT2D eigenvalue weighted by Crippen LogP contribution is -2.29. The highest BCUT2D eigenvalue weighted by atomic mass is 16.5. The number of rotatable bonds is 6. The largest absolute Gasteiger partial charge is 0.494 e. The summed E-state index contributed by atoms with van der Waals surface area (Å²) in [6.07, 6.45) is 3.21. The van der Waals surface area contributed by atoms with Crippen LogP contribution in [0.15, 0.2) is 18.2 Å². The maximum atomic E-state index is 11.3. The second-order valence-corrected chi connectivity index (χ2v) is 4.74. The molecule has 0 saturated heterocycles. The SMILES string of the molecule is NNC(=O)CCCCOc1ccc2c(c1)CCC(=O)N2. The van der Waals surface area contributed by atoms with Crippen molar-refractivity contribution >= 4 is 17.5 Å². The van der Waals surface area contributed by atoms with Crippen molar-refractivity contribution in [2.75, 3.05) is 11.9 Å². The Morgan fingerprint density at radius 2 is 2.20 bits per heavy atom. The summed E-state index contributed by atoms with van der Waals surface area (Å²) in [6, 6.07) is 5.67. The number of amides is 2.